The Morgan fingerprint density at radius 1 is 1.19 bits per heavy atom. The molecule has 27 heavy (non-hydrogen) atoms. The zero-order chi connectivity index (χ0) is 19.6. The van der Waals surface area contributed by atoms with E-state index in [-0.39, 0.29) is 37.2 Å². The molecule has 1 aromatic carbocycles. The molecule has 0 saturated heterocycles. The van der Waals surface area contributed by atoms with Crippen molar-refractivity contribution in [3.63, 3.8) is 0 Å². The first-order valence-electron chi connectivity index (χ1n) is 8.82. The number of aromatic nitrogens is 1. The first-order valence-corrected chi connectivity index (χ1v) is 8.82. The van der Waals surface area contributed by atoms with E-state index in [1.54, 1.807) is 19.1 Å². The normalized spacial score (nSPS) is 18.1. The number of carbonyl (C=O) groups is 1. The van der Waals surface area contributed by atoms with Gasteiger partial charge < -0.3 is 5.32 Å². The van der Waals surface area contributed by atoms with Crippen LogP contribution in [0.3, 0.4) is 0 Å². The molecule has 0 spiro atoms. The Morgan fingerprint density at radius 2 is 1.89 bits per heavy atom. The number of aryl methyl sites for hydroxylation is 1. The van der Waals surface area contributed by atoms with Crippen molar-refractivity contribution < 1.29 is 22.4 Å². The van der Waals surface area contributed by atoms with Crippen LogP contribution in [0.1, 0.15) is 53.2 Å². The van der Waals surface area contributed by atoms with E-state index in [0.29, 0.717) is 11.1 Å². The number of halogens is 4. The van der Waals surface area contributed by atoms with Crippen LogP contribution in [0, 0.1) is 24.6 Å². The maximum Gasteiger partial charge on any atom is 0.254 e. The van der Waals surface area contributed by atoms with Crippen molar-refractivity contribution in [1.29, 1.82) is 0 Å². The minimum atomic E-state index is -2.71. The molecule has 1 atom stereocenters. The van der Waals surface area contributed by atoms with Gasteiger partial charge in [-0.15, -0.1) is 0 Å². The van der Waals surface area contributed by atoms with E-state index in [2.05, 4.69) is 10.3 Å². The average Bonchev–Trinajstić information content (AvgIpc) is 2.63. The summed E-state index contributed by atoms with van der Waals surface area (Å²) in [5, 5.41) is 2.75. The van der Waals surface area contributed by atoms with Crippen LogP contribution in [0.15, 0.2) is 36.5 Å². The summed E-state index contributed by atoms with van der Waals surface area (Å²) in [5.41, 5.74) is 0.726. The van der Waals surface area contributed by atoms with Gasteiger partial charge in [-0.05, 0) is 48.9 Å². The molecule has 1 amide bonds. The molecule has 1 heterocycles. The highest BCUT2D eigenvalue weighted by molar-refractivity contribution is 5.95. The van der Waals surface area contributed by atoms with E-state index >= 15 is 0 Å². The standard InChI is InChI=1S/C20H20F4N2O/c1-12-3-2-4-15(17(12)22)19(27)26-18(14-5-6-16(21)25-11-14)13-7-9-20(23,24)10-8-13/h2-6,11,13,18H,7-10H2,1H3,(H,26,27). The van der Waals surface area contributed by atoms with Crippen LogP contribution in [0.2, 0.25) is 0 Å². The zero-order valence-corrected chi connectivity index (χ0v) is 14.8. The number of pyridine rings is 1. The van der Waals surface area contributed by atoms with E-state index in [1.807, 2.05) is 0 Å². The maximum atomic E-state index is 14.3. The number of rotatable bonds is 4. The molecule has 1 unspecified atom stereocenters. The summed E-state index contributed by atoms with van der Waals surface area (Å²) in [5.74, 6) is -4.92. The average molecular weight is 380 g/mol. The fourth-order valence-electron chi connectivity index (χ4n) is 3.48. The number of hydrogen-bond acceptors (Lipinski definition) is 2. The number of hydrogen-bond donors (Lipinski definition) is 1. The van der Waals surface area contributed by atoms with Crippen LogP contribution >= 0.6 is 0 Å². The Hall–Kier alpha value is -2.44. The van der Waals surface area contributed by atoms with Gasteiger partial charge in [0, 0.05) is 19.0 Å². The summed E-state index contributed by atoms with van der Waals surface area (Å²) in [6.07, 6.45) is 1.12. The van der Waals surface area contributed by atoms with Crippen molar-refractivity contribution in [2.24, 2.45) is 5.92 Å². The highest BCUT2D eigenvalue weighted by atomic mass is 19.3. The predicted octanol–water partition coefficient (Wildman–Crippen LogP) is 4.96. The molecule has 1 saturated carbocycles. The van der Waals surface area contributed by atoms with Crippen molar-refractivity contribution in [3.05, 3.63) is 65.0 Å². The molecule has 1 N–H and O–H groups in total. The van der Waals surface area contributed by atoms with Crippen LogP contribution in [-0.4, -0.2) is 16.8 Å². The molecule has 7 heteroatoms. The molecule has 1 fully saturated rings. The third-order valence-corrected chi connectivity index (χ3v) is 5.07. The molecule has 144 valence electrons. The van der Waals surface area contributed by atoms with Gasteiger partial charge >= 0.3 is 0 Å². The lowest BCUT2D eigenvalue weighted by Gasteiger charge is -2.34. The molecular weight excluding hydrogens is 360 g/mol. The fourth-order valence-corrected chi connectivity index (χ4v) is 3.48. The van der Waals surface area contributed by atoms with Crippen LogP contribution in [0.4, 0.5) is 17.6 Å². The molecule has 1 aromatic heterocycles. The quantitative estimate of drug-likeness (QED) is 0.601. The molecular formula is C20H20F4N2O. The van der Waals surface area contributed by atoms with Gasteiger partial charge in [-0.1, -0.05) is 18.2 Å². The lowest BCUT2D eigenvalue weighted by molar-refractivity contribution is -0.0494. The van der Waals surface area contributed by atoms with E-state index < -0.39 is 29.6 Å². The van der Waals surface area contributed by atoms with E-state index in [1.165, 1.54) is 18.3 Å². The Labute approximate surface area is 154 Å². The van der Waals surface area contributed by atoms with Gasteiger partial charge in [-0.2, -0.15) is 4.39 Å². The molecule has 0 radical (unpaired) electrons. The predicted molar refractivity (Wildman–Crippen MR) is 92.4 cm³/mol. The number of nitrogens with one attached hydrogen (secondary N) is 1. The summed E-state index contributed by atoms with van der Waals surface area (Å²) in [4.78, 5) is 16.2. The van der Waals surface area contributed by atoms with Gasteiger partial charge in [0.1, 0.15) is 5.82 Å². The zero-order valence-electron chi connectivity index (χ0n) is 14.8. The van der Waals surface area contributed by atoms with Gasteiger partial charge in [0.25, 0.3) is 5.91 Å². The molecule has 1 aliphatic rings. The highest BCUT2D eigenvalue weighted by Crippen LogP contribution is 2.41. The van der Waals surface area contributed by atoms with Crippen LogP contribution < -0.4 is 5.32 Å². The molecule has 3 rings (SSSR count). The number of alkyl halides is 2. The Morgan fingerprint density at radius 3 is 2.52 bits per heavy atom. The monoisotopic (exact) mass is 380 g/mol. The van der Waals surface area contributed by atoms with E-state index in [0.717, 1.165) is 6.07 Å². The van der Waals surface area contributed by atoms with Crippen molar-refractivity contribution in [2.75, 3.05) is 0 Å². The third kappa shape index (κ3) is 4.46. The van der Waals surface area contributed by atoms with E-state index in [4.69, 9.17) is 0 Å². The number of carbonyl (C=O) groups excluding carboxylic acids is 1. The minimum absolute atomic E-state index is 0.115. The molecule has 3 nitrogen and oxygen atoms in total. The summed E-state index contributed by atoms with van der Waals surface area (Å²) < 4.78 is 54.5. The lowest BCUT2D eigenvalue weighted by Crippen LogP contribution is -2.37. The first kappa shape index (κ1) is 19.3. The van der Waals surface area contributed by atoms with Gasteiger partial charge in [0.2, 0.25) is 11.9 Å². The van der Waals surface area contributed by atoms with Crippen molar-refractivity contribution >= 4 is 5.91 Å². The molecule has 2 aromatic rings. The minimum Gasteiger partial charge on any atom is -0.345 e. The largest absolute Gasteiger partial charge is 0.345 e. The van der Waals surface area contributed by atoms with Crippen molar-refractivity contribution in [2.45, 2.75) is 44.6 Å². The summed E-state index contributed by atoms with van der Waals surface area (Å²) in [6, 6.07) is 6.46. The van der Waals surface area contributed by atoms with Gasteiger partial charge in [0.05, 0.1) is 11.6 Å². The van der Waals surface area contributed by atoms with E-state index in [9.17, 15) is 22.4 Å². The Bertz CT molecular complexity index is 813. The maximum absolute atomic E-state index is 14.3. The second-order valence-electron chi connectivity index (χ2n) is 7.00. The van der Waals surface area contributed by atoms with Gasteiger partial charge in [0.15, 0.2) is 0 Å². The summed E-state index contributed by atoms with van der Waals surface area (Å²) in [6.45, 7) is 1.55. The van der Waals surface area contributed by atoms with Gasteiger partial charge in [-0.25, -0.2) is 18.2 Å². The molecule has 0 bridgehead atoms. The Balaban J connectivity index is 1.87. The first-order chi connectivity index (χ1) is 12.8. The third-order valence-electron chi connectivity index (χ3n) is 5.07. The molecule has 0 aliphatic heterocycles. The van der Waals surface area contributed by atoms with Crippen LogP contribution in [0.5, 0.6) is 0 Å². The number of benzene rings is 1. The Kier molecular flexibility index (Phi) is 5.48. The number of nitrogens with zero attached hydrogens (tertiary/aromatic N) is 1. The smallest absolute Gasteiger partial charge is 0.254 e. The van der Waals surface area contributed by atoms with Crippen LogP contribution in [0.25, 0.3) is 0 Å². The van der Waals surface area contributed by atoms with Crippen LogP contribution in [-0.2, 0) is 0 Å². The topological polar surface area (TPSA) is 42.0 Å². The van der Waals surface area contributed by atoms with Gasteiger partial charge in [-0.3, -0.25) is 4.79 Å². The SMILES string of the molecule is Cc1cccc(C(=O)NC(c2ccc(F)nc2)C2CCC(F)(F)CC2)c1F. The lowest BCUT2D eigenvalue weighted by atomic mass is 9.80. The highest BCUT2D eigenvalue weighted by Gasteiger charge is 2.38. The second-order valence-corrected chi connectivity index (χ2v) is 7.00. The molecule has 1 aliphatic carbocycles. The van der Waals surface area contributed by atoms with Crippen molar-refractivity contribution in [1.82, 2.24) is 10.3 Å². The fraction of sp³-hybridized carbons (Fsp3) is 0.400. The van der Waals surface area contributed by atoms with Crippen molar-refractivity contribution in [3.8, 4) is 0 Å². The number of amides is 1. The second kappa shape index (κ2) is 7.66. The summed E-state index contributed by atoms with van der Waals surface area (Å²) in [7, 11) is 0. The summed E-state index contributed by atoms with van der Waals surface area (Å²) >= 11 is 0.